The summed E-state index contributed by atoms with van der Waals surface area (Å²) in [4.78, 5) is 0. The van der Waals surface area contributed by atoms with Gasteiger partial charge in [0.2, 0.25) is 10.0 Å². The molecule has 25 heavy (non-hydrogen) atoms. The molecule has 0 radical (unpaired) electrons. The van der Waals surface area contributed by atoms with Crippen molar-refractivity contribution in [1.82, 2.24) is 0 Å². The van der Waals surface area contributed by atoms with Crippen LogP contribution in [0.3, 0.4) is 0 Å². The molecular weight excluding hydrogens is 406 g/mol. The predicted octanol–water partition coefficient (Wildman–Crippen LogP) is 4.69. The zero-order valence-corrected chi connectivity index (χ0v) is 17.0. The quantitative estimate of drug-likeness (QED) is 0.670. The molecule has 2 aromatic rings. The number of rotatable bonds is 6. The minimum atomic E-state index is -3.35. The van der Waals surface area contributed by atoms with Gasteiger partial charge in [0, 0.05) is 35.1 Å². The van der Waals surface area contributed by atoms with Gasteiger partial charge in [-0.05, 0) is 53.8 Å². The molecule has 5 nitrogen and oxygen atoms in total. The fraction of sp³-hybridized carbons (Fsp3) is 0.444. The molecule has 1 aliphatic carbocycles. The van der Waals surface area contributed by atoms with E-state index in [1.54, 1.807) is 6.07 Å². The number of anilines is 1. The number of sulfonamides is 1. The summed E-state index contributed by atoms with van der Waals surface area (Å²) in [5.74, 6) is 0.868. The zero-order chi connectivity index (χ0) is 18.2. The Labute approximate surface area is 156 Å². The van der Waals surface area contributed by atoms with E-state index in [9.17, 15) is 8.42 Å². The van der Waals surface area contributed by atoms with E-state index >= 15 is 0 Å². The van der Waals surface area contributed by atoms with Crippen molar-refractivity contribution in [3.63, 3.8) is 0 Å². The number of furan rings is 1. The van der Waals surface area contributed by atoms with Crippen LogP contribution in [0.5, 0.6) is 0 Å². The first kappa shape index (κ1) is 18.5. The second kappa shape index (κ2) is 7.13. The normalized spacial score (nSPS) is 15.0. The molecule has 0 aliphatic heterocycles. The highest BCUT2D eigenvalue weighted by atomic mass is 79.9. The summed E-state index contributed by atoms with van der Waals surface area (Å²) in [7, 11) is -1.82. The van der Waals surface area contributed by atoms with Crippen LogP contribution < -0.4 is 4.31 Å². The first-order valence-corrected chi connectivity index (χ1v) is 10.9. The van der Waals surface area contributed by atoms with Crippen molar-refractivity contribution < 1.29 is 17.6 Å². The number of hydrogen-bond donors (Lipinski definition) is 0. The van der Waals surface area contributed by atoms with Crippen LogP contribution in [0, 0.1) is 0 Å². The monoisotopic (exact) mass is 427 g/mol. The summed E-state index contributed by atoms with van der Waals surface area (Å²) in [6, 6.07) is 3.69. The number of fused-ring (bicyclic) bond motifs is 1. The number of halogens is 1. The van der Waals surface area contributed by atoms with Gasteiger partial charge in [-0.2, -0.15) is 0 Å². The molecule has 0 bridgehead atoms. The van der Waals surface area contributed by atoms with Gasteiger partial charge in [-0.15, -0.1) is 0 Å². The lowest BCUT2D eigenvalue weighted by atomic mass is 10.1. The largest absolute Gasteiger partial charge is 0.456 e. The van der Waals surface area contributed by atoms with Crippen molar-refractivity contribution in [3.05, 3.63) is 34.0 Å². The molecule has 1 aromatic heterocycles. The van der Waals surface area contributed by atoms with Gasteiger partial charge in [-0.3, -0.25) is 4.31 Å². The van der Waals surface area contributed by atoms with Crippen LogP contribution in [0.1, 0.15) is 37.5 Å². The van der Waals surface area contributed by atoms with E-state index in [0.717, 1.165) is 36.0 Å². The van der Waals surface area contributed by atoms with Gasteiger partial charge in [0.15, 0.2) is 0 Å². The van der Waals surface area contributed by atoms with E-state index in [1.807, 2.05) is 13.0 Å². The molecule has 3 rings (SSSR count). The number of hydrogen-bond acceptors (Lipinski definition) is 4. The Morgan fingerprint density at radius 2 is 2.12 bits per heavy atom. The number of ether oxygens (including phenoxy) is 1. The lowest BCUT2D eigenvalue weighted by Crippen LogP contribution is -2.25. The van der Waals surface area contributed by atoms with Crippen molar-refractivity contribution >= 4 is 48.2 Å². The molecule has 0 spiro atoms. The van der Waals surface area contributed by atoms with Gasteiger partial charge in [0.1, 0.15) is 11.3 Å². The van der Waals surface area contributed by atoms with E-state index in [-0.39, 0.29) is 0 Å². The molecule has 1 aliphatic rings. The Bertz CT molecular complexity index is 930. The van der Waals surface area contributed by atoms with Crippen LogP contribution in [-0.2, 0) is 21.4 Å². The second-order valence-electron chi connectivity index (χ2n) is 6.20. The van der Waals surface area contributed by atoms with Crippen LogP contribution in [0.4, 0.5) is 5.69 Å². The highest BCUT2D eigenvalue weighted by Gasteiger charge is 2.23. The number of nitrogens with zero attached hydrogens (tertiary/aromatic N) is 1. The van der Waals surface area contributed by atoms with Gasteiger partial charge in [-0.1, -0.05) is 6.08 Å². The average molecular weight is 428 g/mol. The topological polar surface area (TPSA) is 59.8 Å². The molecule has 1 aromatic carbocycles. The van der Waals surface area contributed by atoms with Gasteiger partial charge in [0.25, 0.3) is 0 Å². The maximum atomic E-state index is 11.9. The minimum absolute atomic E-state index is 0.476. The maximum Gasteiger partial charge on any atom is 0.232 e. The third-order valence-corrected chi connectivity index (χ3v) is 6.31. The van der Waals surface area contributed by atoms with E-state index in [2.05, 4.69) is 22.0 Å². The molecule has 0 amide bonds. The van der Waals surface area contributed by atoms with Crippen LogP contribution in [0.2, 0.25) is 0 Å². The Hall–Kier alpha value is -1.31. The lowest BCUT2D eigenvalue weighted by Gasteiger charge is -2.18. The third kappa shape index (κ3) is 3.64. The van der Waals surface area contributed by atoms with Gasteiger partial charge >= 0.3 is 0 Å². The van der Waals surface area contributed by atoms with Crippen molar-refractivity contribution in [3.8, 4) is 0 Å². The number of allylic oxidation sites excluding steroid dienone is 2. The fourth-order valence-electron chi connectivity index (χ4n) is 3.06. The van der Waals surface area contributed by atoms with E-state index in [4.69, 9.17) is 9.15 Å². The SMILES string of the molecule is CCOCc1c(C2=CCCC2)oc2cc(N(C)S(C)(=O)=O)c(Br)cc12. The summed E-state index contributed by atoms with van der Waals surface area (Å²) >= 11 is 3.50. The molecule has 0 atom stereocenters. The minimum Gasteiger partial charge on any atom is -0.456 e. The summed E-state index contributed by atoms with van der Waals surface area (Å²) in [6.07, 6.45) is 6.58. The summed E-state index contributed by atoms with van der Waals surface area (Å²) < 4.78 is 37.5. The molecular formula is C18H22BrNO4S. The molecule has 136 valence electrons. The average Bonchev–Trinajstić information content (AvgIpc) is 3.18. The maximum absolute atomic E-state index is 11.9. The summed E-state index contributed by atoms with van der Waals surface area (Å²) in [6.45, 7) is 3.07. The van der Waals surface area contributed by atoms with Crippen LogP contribution in [0.25, 0.3) is 16.5 Å². The fourth-order valence-corrected chi connectivity index (χ4v) is 4.30. The molecule has 0 N–H and O–H groups in total. The van der Waals surface area contributed by atoms with Gasteiger partial charge < -0.3 is 9.15 Å². The van der Waals surface area contributed by atoms with Crippen molar-refractivity contribution in [2.45, 2.75) is 32.8 Å². The standard InChI is InChI=1S/C18H22BrNO4S/c1-4-23-11-14-13-9-15(19)16(20(2)25(3,21)22)10-17(13)24-18(14)12-7-5-6-8-12/h7,9-10H,4-6,8,11H2,1-3H3. The molecule has 0 saturated carbocycles. The summed E-state index contributed by atoms with van der Waals surface area (Å²) in [5.41, 5.74) is 3.46. The first-order valence-electron chi connectivity index (χ1n) is 8.29. The van der Waals surface area contributed by atoms with Gasteiger partial charge in [0.05, 0.1) is 18.6 Å². The van der Waals surface area contributed by atoms with Crippen LogP contribution in [0.15, 0.2) is 27.1 Å². The Kier molecular flexibility index (Phi) is 5.27. The molecule has 7 heteroatoms. The van der Waals surface area contributed by atoms with Gasteiger partial charge in [-0.25, -0.2) is 8.42 Å². The second-order valence-corrected chi connectivity index (χ2v) is 9.07. The molecule has 1 heterocycles. The van der Waals surface area contributed by atoms with E-state index < -0.39 is 10.0 Å². The smallest absolute Gasteiger partial charge is 0.232 e. The lowest BCUT2D eigenvalue weighted by molar-refractivity contribution is 0.134. The Morgan fingerprint density at radius 1 is 1.36 bits per heavy atom. The predicted molar refractivity (Wildman–Crippen MR) is 104 cm³/mol. The number of benzene rings is 1. The van der Waals surface area contributed by atoms with Crippen molar-refractivity contribution in [2.24, 2.45) is 0 Å². The first-order chi connectivity index (χ1) is 11.8. The van der Waals surface area contributed by atoms with Crippen molar-refractivity contribution in [2.75, 3.05) is 24.2 Å². The van der Waals surface area contributed by atoms with Crippen molar-refractivity contribution in [1.29, 1.82) is 0 Å². The molecule has 0 fully saturated rings. The summed E-state index contributed by atoms with van der Waals surface area (Å²) in [5, 5.41) is 0.953. The Balaban J connectivity index is 2.17. The Morgan fingerprint density at radius 3 is 2.72 bits per heavy atom. The van der Waals surface area contributed by atoms with E-state index in [0.29, 0.717) is 29.0 Å². The molecule has 0 saturated heterocycles. The highest BCUT2D eigenvalue weighted by molar-refractivity contribution is 9.10. The van der Waals surface area contributed by atoms with Crippen LogP contribution >= 0.6 is 15.9 Å². The zero-order valence-electron chi connectivity index (χ0n) is 14.6. The van der Waals surface area contributed by atoms with Crippen LogP contribution in [-0.4, -0.2) is 28.3 Å². The highest BCUT2D eigenvalue weighted by Crippen LogP contribution is 2.40. The molecule has 0 unspecified atom stereocenters. The van der Waals surface area contributed by atoms with E-state index in [1.165, 1.54) is 23.2 Å². The third-order valence-electron chi connectivity index (χ3n) is 4.48.